The zero-order chi connectivity index (χ0) is 13.3. The van der Waals surface area contributed by atoms with Crippen molar-refractivity contribution in [3.05, 3.63) is 0 Å². The van der Waals surface area contributed by atoms with Gasteiger partial charge >= 0.3 is 0 Å². The van der Waals surface area contributed by atoms with Crippen LogP contribution >= 0.6 is 0 Å². The molecule has 2 saturated carbocycles. The second-order valence-electron chi connectivity index (χ2n) is 6.71. The highest BCUT2D eigenvalue weighted by Crippen LogP contribution is 2.39. The van der Waals surface area contributed by atoms with Gasteiger partial charge in [-0.2, -0.15) is 0 Å². The second kappa shape index (κ2) is 5.54. The maximum atomic E-state index is 12.3. The third-order valence-electron chi connectivity index (χ3n) is 5.09. The molecule has 0 amide bonds. The van der Waals surface area contributed by atoms with E-state index in [1.165, 1.54) is 0 Å². The van der Waals surface area contributed by atoms with Gasteiger partial charge in [0.05, 0.1) is 0 Å². The lowest BCUT2D eigenvalue weighted by atomic mass is 9.82. The molecule has 2 fully saturated rings. The molecular formula is C16H26O2. The number of hydrogen-bond acceptors (Lipinski definition) is 2. The van der Waals surface area contributed by atoms with E-state index in [-0.39, 0.29) is 17.8 Å². The Kier molecular flexibility index (Phi) is 4.24. The van der Waals surface area contributed by atoms with Crippen molar-refractivity contribution in [3.63, 3.8) is 0 Å². The van der Waals surface area contributed by atoms with Crippen LogP contribution in [0.5, 0.6) is 0 Å². The molecular weight excluding hydrogens is 224 g/mol. The van der Waals surface area contributed by atoms with Gasteiger partial charge in [0.25, 0.3) is 0 Å². The van der Waals surface area contributed by atoms with Crippen molar-refractivity contribution in [2.24, 2.45) is 29.6 Å². The normalized spacial score (nSPS) is 34.6. The molecule has 2 nitrogen and oxygen atoms in total. The van der Waals surface area contributed by atoms with Crippen LogP contribution in [-0.4, -0.2) is 11.6 Å². The molecule has 0 aliphatic heterocycles. The van der Waals surface area contributed by atoms with Crippen molar-refractivity contribution in [2.75, 3.05) is 0 Å². The Hall–Kier alpha value is -0.660. The third kappa shape index (κ3) is 2.67. The number of rotatable bonds is 4. The van der Waals surface area contributed by atoms with Crippen LogP contribution in [0.3, 0.4) is 0 Å². The summed E-state index contributed by atoms with van der Waals surface area (Å²) in [6.45, 7) is 6.47. The summed E-state index contributed by atoms with van der Waals surface area (Å²) in [5.41, 5.74) is 0. The quantitative estimate of drug-likeness (QED) is 0.763. The maximum Gasteiger partial charge on any atom is 0.139 e. The van der Waals surface area contributed by atoms with Crippen LogP contribution < -0.4 is 0 Å². The second-order valence-corrected chi connectivity index (χ2v) is 6.71. The van der Waals surface area contributed by atoms with E-state index in [4.69, 9.17) is 0 Å². The molecule has 0 radical (unpaired) electrons. The maximum absolute atomic E-state index is 12.3. The topological polar surface area (TPSA) is 34.1 Å². The SMILES string of the molecule is CC(CC1CC[C@H](C(C)C)C1=O)C1CCCC1=O. The minimum atomic E-state index is 0.237. The number of carbonyl (C=O) groups excluding carboxylic acids is 2. The summed E-state index contributed by atoms with van der Waals surface area (Å²) in [7, 11) is 0. The zero-order valence-electron chi connectivity index (χ0n) is 11.9. The molecule has 0 aromatic heterocycles. The van der Waals surface area contributed by atoms with E-state index in [1.54, 1.807) is 0 Å². The van der Waals surface area contributed by atoms with Gasteiger partial charge in [0.15, 0.2) is 0 Å². The summed E-state index contributed by atoms with van der Waals surface area (Å²) < 4.78 is 0. The molecule has 3 unspecified atom stereocenters. The number of hydrogen-bond donors (Lipinski definition) is 0. The third-order valence-corrected chi connectivity index (χ3v) is 5.09. The molecule has 0 N–H and O–H groups in total. The summed E-state index contributed by atoms with van der Waals surface area (Å²) in [6, 6.07) is 0. The fraction of sp³-hybridized carbons (Fsp3) is 0.875. The monoisotopic (exact) mass is 250 g/mol. The number of ketones is 2. The molecule has 2 rings (SSSR count). The molecule has 0 spiro atoms. The first-order valence-electron chi connectivity index (χ1n) is 7.57. The first-order valence-corrected chi connectivity index (χ1v) is 7.57. The molecule has 0 saturated heterocycles. The van der Waals surface area contributed by atoms with Gasteiger partial charge < -0.3 is 0 Å². The molecule has 2 aliphatic carbocycles. The molecule has 0 heterocycles. The number of Topliss-reactive ketones (excluding diaryl/α,β-unsaturated/α-hetero) is 2. The Morgan fingerprint density at radius 3 is 2.28 bits per heavy atom. The predicted octanol–water partition coefficient (Wildman–Crippen LogP) is 3.63. The summed E-state index contributed by atoms with van der Waals surface area (Å²) in [6.07, 6.45) is 5.93. The van der Waals surface area contributed by atoms with Crippen molar-refractivity contribution in [1.29, 1.82) is 0 Å². The molecule has 2 aliphatic rings. The highest BCUT2D eigenvalue weighted by molar-refractivity contribution is 5.86. The Bertz CT molecular complexity index is 332. The highest BCUT2D eigenvalue weighted by Gasteiger charge is 2.38. The minimum Gasteiger partial charge on any atom is -0.299 e. The van der Waals surface area contributed by atoms with Crippen LogP contribution in [0.4, 0.5) is 0 Å². The van der Waals surface area contributed by atoms with E-state index in [1.807, 2.05) is 0 Å². The van der Waals surface area contributed by atoms with Gasteiger partial charge in [0.2, 0.25) is 0 Å². The number of carbonyl (C=O) groups is 2. The minimum absolute atomic E-state index is 0.237. The van der Waals surface area contributed by atoms with Gasteiger partial charge in [-0.3, -0.25) is 9.59 Å². The summed E-state index contributed by atoms with van der Waals surface area (Å²) in [5.74, 6) is 2.56. The van der Waals surface area contributed by atoms with E-state index >= 15 is 0 Å². The van der Waals surface area contributed by atoms with Gasteiger partial charge in [0.1, 0.15) is 11.6 Å². The molecule has 18 heavy (non-hydrogen) atoms. The average Bonchev–Trinajstić information content (AvgIpc) is 2.86. The van der Waals surface area contributed by atoms with Crippen LogP contribution in [0.2, 0.25) is 0 Å². The van der Waals surface area contributed by atoms with Crippen molar-refractivity contribution in [1.82, 2.24) is 0 Å². The van der Waals surface area contributed by atoms with Crippen molar-refractivity contribution >= 4 is 11.6 Å². The Labute approximate surface area is 111 Å². The highest BCUT2D eigenvalue weighted by atomic mass is 16.1. The van der Waals surface area contributed by atoms with Crippen molar-refractivity contribution in [2.45, 2.75) is 59.3 Å². The molecule has 0 aromatic rings. The van der Waals surface area contributed by atoms with Gasteiger partial charge in [-0.15, -0.1) is 0 Å². The van der Waals surface area contributed by atoms with Crippen LogP contribution in [0.1, 0.15) is 59.3 Å². The predicted molar refractivity (Wildman–Crippen MR) is 72.2 cm³/mol. The zero-order valence-corrected chi connectivity index (χ0v) is 11.9. The van der Waals surface area contributed by atoms with Crippen LogP contribution in [0, 0.1) is 29.6 Å². The summed E-state index contributed by atoms with van der Waals surface area (Å²) >= 11 is 0. The molecule has 102 valence electrons. The standard InChI is InChI=1S/C16H26O2/c1-10(2)13-8-7-12(16(13)18)9-11(3)14-5-4-6-15(14)17/h10-14H,4-9H2,1-3H3/t11?,12?,13-,14?/m1/s1. The fourth-order valence-corrected chi connectivity index (χ4v) is 3.92. The van der Waals surface area contributed by atoms with Crippen molar-refractivity contribution < 1.29 is 9.59 Å². The first kappa shape index (κ1) is 13.8. The molecule has 2 heteroatoms. The Balaban J connectivity index is 1.90. The lowest BCUT2D eigenvalue weighted by Crippen LogP contribution is -2.23. The Morgan fingerprint density at radius 2 is 1.78 bits per heavy atom. The van der Waals surface area contributed by atoms with Crippen LogP contribution in [0.25, 0.3) is 0 Å². The molecule has 0 aromatic carbocycles. The molecule has 0 bridgehead atoms. The van der Waals surface area contributed by atoms with Gasteiger partial charge in [0, 0.05) is 24.2 Å². The van der Waals surface area contributed by atoms with E-state index in [9.17, 15) is 9.59 Å². The lowest BCUT2D eigenvalue weighted by Gasteiger charge is -2.21. The van der Waals surface area contributed by atoms with Gasteiger partial charge in [-0.1, -0.05) is 20.8 Å². The van der Waals surface area contributed by atoms with E-state index < -0.39 is 0 Å². The van der Waals surface area contributed by atoms with E-state index in [0.717, 1.165) is 38.5 Å². The van der Waals surface area contributed by atoms with Crippen LogP contribution in [0.15, 0.2) is 0 Å². The smallest absolute Gasteiger partial charge is 0.139 e. The van der Waals surface area contributed by atoms with Gasteiger partial charge in [-0.25, -0.2) is 0 Å². The van der Waals surface area contributed by atoms with E-state index in [0.29, 0.717) is 23.4 Å². The summed E-state index contributed by atoms with van der Waals surface area (Å²) in [4.78, 5) is 24.1. The van der Waals surface area contributed by atoms with Crippen LogP contribution in [-0.2, 0) is 9.59 Å². The van der Waals surface area contributed by atoms with E-state index in [2.05, 4.69) is 20.8 Å². The Morgan fingerprint density at radius 1 is 1.06 bits per heavy atom. The largest absolute Gasteiger partial charge is 0.299 e. The summed E-state index contributed by atoms with van der Waals surface area (Å²) in [5, 5.41) is 0. The van der Waals surface area contributed by atoms with Gasteiger partial charge in [-0.05, 0) is 43.9 Å². The van der Waals surface area contributed by atoms with Crippen molar-refractivity contribution in [3.8, 4) is 0 Å². The first-order chi connectivity index (χ1) is 8.50. The average molecular weight is 250 g/mol. The molecule has 4 atom stereocenters. The fourth-order valence-electron chi connectivity index (χ4n) is 3.92. The lowest BCUT2D eigenvalue weighted by molar-refractivity contribution is -0.127.